The Hall–Kier alpha value is -1.55. The van der Waals surface area contributed by atoms with Gasteiger partial charge >= 0.3 is 0 Å². The molecular formula is C17H21ClN2O. The van der Waals surface area contributed by atoms with Gasteiger partial charge in [0.2, 0.25) is 0 Å². The molecule has 0 spiro atoms. The molecule has 0 fully saturated rings. The lowest BCUT2D eigenvalue weighted by Crippen LogP contribution is -2.23. The molecule has 0 unspecified atom stereocenters. The first-order valence-electron chi connectivity index (χ1n) is 7.02. The van der Waals surface area contributed by atoms with Gasteiger partial charge in [-0.3, -0.25) is 4.90 Å². The summed E-state index contributed by atoms with van der Waals surface area (Å²) in [5.41, 5.74) is 7.95. The molecule has 0 aromatic heterocycles. The average Bonchev–Trinajstić information content (AvgIpc) is 2.50. The summed E-state index contributed by atoms with van der Waals surface area (Å²) in [6.45, 7) is 2.92. The Labute approximate surface area is 131 Å². The summed E-state index contributed by atoms with van der Waals surface area (Å²) >= 11 is 5.88. The molecule has 0 aliphatic heterocycles. The fourth-order valence-corrected chi connectivity index (χ4v) is 2.19. The lowest BCUT2D eigenvalue weighted by Gasteiger charge is -2.17. The normalized spacial score (nSPS) is 10.9. The van der Waals surface area contributed by atoms with Crippen LogP contribution in [0.2, 0.25) is 5.02 Å². The van der Waals surface area contributed by atoms with E-state index >= 15 is 0 Å². The zero-order chi connectivity index (χ0) is 15.1. The second kappa shape index (κ2) is 8.03. The molecule has 0 amide bonds. The summed E-state index contributed by atoms with van der Waals surface area (Å²) in [5, 5.41) is 0.768. The largest absolute Gasteiger partial charge is 0.492 e. The zero-order valence-corrected chi connectivity index (χ0v) is 13.0. The summed E-state index contributed by atoms with van der Waals surface area (Å²) in [4.78, 5) is 2.22. The Balaban J connectivity index is 1.76. The Morgan fingerprint density at radius 2 is 1.86 bits per heavy atom. The van der Waals surface area contributed by atoms with Crippen LogP contribution in [0.15, 0.2) is 48.5 Å². The Bertz CT molecular complexity index is 557. The van der Waals surface area contributed by atoms with E-state index in [9.17, 15) is 0 Å². The van der Waals surface area contributed by atoms with Gasteiger partial charge in [-0.25, -0.2) is 0 Å². The minimum absolute atomic E-state index is 0.535. The van der Waals surface area contributed by atoms with E-state index < -0.39 is 0 Å². The molecule has 0 bridgehead atoms. The van der Waals surface area contributed by atoms with Crippen molar-refractivity contribution in [2.75, 3.05) is 20.2 Å². The first kappa shape index (κ1) is 15.8. The smallest absolute Gasteiger partial charge is 0.119 e. The first-order chi connectivity index (χ1) is 10.2. The third-order valence-corrected chi connectivity index (χ3v) is 3.49. The number of nitrogens with two attached hydrogens (primary N) is 1. The SMILES string of the molecule is CN(CCOc1cccc(CN)c1)Cc1ccc(Cl)cc1. The number of hydrogen-bond acceptors (Lipinski definition) is 3. The quantitative estimate of drug-likeness (QED) is 0.853. The molecule has 2 aromatic rings. The van der Waals surface area contributed by atoms with Crippen LogP contribution >= 0.6 is 11.6 Å². The molecule has 2 rings (SSSR count). The van der Waals surface area contributed by atoms with Crippen LogP contribution in [0.4, 0.5) is 0 Å². The molecule has 0 saturated carbocycles. The lowest BCUT2D eigenvalue weighted by atomic mass is 10.2. The van der Waals surface area contributed by atoms with Crippen molar-refractivity contribution in [3.63, 3.8) is 0 Å². The third-order valence-electron chi connectivity index (χ3n) is 3.24. The van der Waals surface area contributed by atoms with E-state index in [1.165, 1.54) is 5.56 Å². The summed E-state index contributed by atoms with van der Waals surface area (Å²) in [6, 6.07) is 15.8. The number of rotatable bonds is 7. The number of hydrogen-bond donors (Lipinski definition) is 1. The van der Waals surface area contributed by atoms with Gasteiger partial charge in [0.05, 0.1) is 0 Å². The summed E-state index contributed by atoms with van der Waals surface area (Å²) in [7, 11) is 2.08. The maximum absolute atomic E-state index is 5.88. The van der Waals surface area contributed by atoms with E-state index in [4.69, 9.17) is 22.1 Å². The molecule has 21 heavy (non-hydrogen) atoms. The van der Waals surface area contributed by atoms with Crippen molar-refractivity contribution in [2.45, 2.75) is 13.1 Å². The van der Waals surface area contributed by atoms with E-state index in [-0.39, 0.29) is 0 Å². The number of likely N-dealkylation sites (N-methyl/N-ethyl adjacent to an activating group) is 1. The Morgan fingerprint density at radius 1 is 1.10 bits per heavy atom. The van der Waals surface area contributed by atoms with Crippen LogP contribution in [-0.4, -0.2) is 25.1 Å². The molecule has 3 nitrogen and oxygen atoms in total. The van der Waals surface area contributed by atoms with Crippen LogP contribution in [0.3, 0.4) is 0 Å². The van der Waals surface area contributed by atoms with E-state index in [0.29, 0.717) is 13.2 Å². The van der Waals surface area contributed by atoms with Crippen molar-refractivity contribution in [3.8, 4) is 5.75 Å². The van der Waals surface area contributed by atoms with E-state index in [1.54, 1.807) is 0 Å². The van der Waals surface area contributed by atoms with E-state index in [1.807, 2.05) is 48.5 Å². The fraction of sp³-hybridized carbons (Fsp3) is 0.294. The zero-order valence-electron chi connectivity index (χ0n) is 12.3. The predicted molar refractivity (Wildman–Crippen MR) is 87.6 cm³/mol. The van der Waals surface area contributed by atoms with Crippen molar-refractivity contribution in [1.29, 1.82) is 0 Å². The fourth-order valence-electron chi connectivity index (χ4n) is 2.06. The highest BCUT2D eigenvalue weighted by atomic mass is 35.5. The number of halogens is 1. The first-order valence-corrected chi connectivity index (χ1v) is 7.40. The maximum Gasteiger partial charge on any atom is 0.119 e. The topological polar surface area (TPSA) is 38.5 Å². The molecule has 0 heterocycles. The van der Waals surface area contributed by atoms with Gasteiger partial charge < -0.3 is 10.5 Å². The maximum atomic E-state index is 5.88. The lowest BCUT2D eigenvalue weighted by molar-refractivity contribution is 0.233. The molecule has 0 radical (unpaired) electrons. The highest BCUT2D eigenvalue weighted by Crippen LogP contribution is 2.13. The molecule has 112 valence electrons. The van der Waals surface area contributed by atoms with Crippen molar-refractivity contribution in [2.24, 2.45) is 5.73 Å². The van der Waals surface area contributed by atoms with Crippen LogP contribution in [0, 0.1) is 0 Å². The van der Waals surface area contributed by atoms with E-state index in [2.05, 4.69) is 11.9 Å². The number of benzene rings is 2. The summed E-state index contributed by atoms with van der Waals surface area (Å²) in [6.07, 6.45) is 0. The van der Waals surface area contributed by atoms with Gasteiger partial charge in [-0.2, -0.15) is 0 Å². The van der Waals surface area contributed by atoms with Crippen molar-refractivity contribution < 1.29 is 4.74 Å². The van der Waals surface area contributed by atoms with Gasteiger partial charge in [-0.1, -0.05) is 35.9 Å². The van der Waals surface area contributed by atoms with Gasteiger partial charge in [-0.05, 0) is 42.4 Å². The Kier molecular flexibility index (Phi) is 6.05. The second-order valence-corrected chi connectivity index (χ2v) is 5.50. The molecule has 2 N–H and O–H groups in total. The Morgan fingerprint density at radius 3 is 2.57 bits per heavy atom. The van der Waals surface area contributed by atoms with Crippen LogP contribution in [-0.2, 0) is 13.1 Å². The highest BCUT2D eigenvalue weighted by molar-refractivity contribution is 6.30. The van der Waals surface area contributed by atoms with Gasteiger partial charge in [0, 0.05) is 24.7 Å². The average molecular weight is 305 g/mol. The molecular weight excluding hydrogens is 284 g/mol. The minimum atomic E-state index is 0.535. The molecule has 0 saturated heterocycles. The van der Waals surface area contributed by atoms with Gasteiger partial charge in [-0.15, -0.1) is 0 Å². The molecule has 0 aliphatic carbocycles. The van der Waals surface area contributed by atoms with Crippen LogP contribution in [0.1, 0.15) is 11.1 Å². The highest BCUT2D eigenvalue weighted by Gasteiger charge is 2.02. The van der Waals surface area contributed by atoms with Crippen molar-refractivity contribution in [3.05, 3.63) is 64.7 Å². The summed E-state index contributed by atoms with van der Waals surface area (Å²) < 4.78 is 5.76. The van der Waals surface area contributed by atoms with Gasteiger partial charge in [0.1, 0.15) is 12.4 Å². The van der Waals surface area contributed by atoms with Crippen molar-refractivity contribution in [1.82, 2.24) is 4.90 Å². The van der Waals surface area contributed by atoms with E-state index in [0.717, 1.165) is 29.4 Å². The van der Waals surface area contributed by atoms with Gasteiger partial charge in [0.25, 0.3) is 0 Å². The number of ether oxygens (including phenoxy) is 1. The number of nitrogens with zero attached hydrogens (tertiary/aromatic N) is 1. The summed E-state index contributed by atoms with van der Waals surface area (Å²) in [5.74, 6) is 0.873. The molecule has 4 heteroatoms. The predicted octanol–water partition coefficient (Wildman–Crippen LogP) is 3.31. The van der Waals surface area contributed by atoms with Crippen molar-refractivity contribution >= 4 is 11.6 Å². The van der Waals surface area contributed by atoms with Gasteiger partial charge in [0.15, 0.2) is 0 Å². The second-order valence-electron chi connectivity index (χ2n) is 5.06. The molecule has 2 aromatic carbocycles. The molecule has 0 atom stereocenters. The van der Waals surface area contributed by atoms with Crippen LogP contribution < -0.4 is 10.5 Å². The molecule has 0 aliphatic rings. The minimum Gasteiger partial charge on any atom is -0.492 e. The third kappa shape index (κ3) is 5.38. The van der Waals surface area contributed by atoms with Crippen LogP contribution in [0.25, 0.3) is 0 Å². The monoisotopic (exact) mass is 304 g/mol. The standard InChI is InChI=1S/C17H21ClN2O/c1-20(13-14-5-7-16(18)8-6-14)9-10-21-17-4-2-3-15(11-17)12-19/h2-8,11H,9-10,12-13,19H2,1H3. The van der Waals surface area contributed by atoms with Crippen LogP contribution in [0.5, 0.6) is 5.75 Å².